The lowest BCUT2D eigenvalue weighted by atomic mass is 9.99. The van der Waals surface area contributed by atoms with E-state index >= 15 is 0 Å². The summed E-state index contributed by atoms with van der Waals surface area (Å²) in [6, 6.07) is 3.60. The van der Waals surface area contributed by atoms with E-state index in [1.165, 1.54) is 0 Å². The molecule has 0 bridgehead atoms. The van der Waals surface area contributed by atoms with Gasteiger partial charge in [0.2, 0.25) is 0 Å². The van der Waals surface area contributed by atoms with Gasteiger partial charge in [-0.05, 0) is 38.1 Å². The van der Waals surface area contributed by atoms with Gasteiger partial charge in [0.1, 0.15) is 5.76 Å². The second kappa shape index (κ2) is 8.36. The third-order valence-electron chi connectivity index (χ3n) is 4.82. The van der Waals surface area contributed by atoms with Gasteiger partial charge < -0.3 is 20.2 Å². The zero-order chi connectivity index (χ0) is 16.7. The van der Waals surface area contributed by atoms with E-state index in [2.05, 4.69) is 29.4 Å². The van der Waals surface area contributed by atoms with Gasteiger partial charge in [0.05, 0.1) is 24.5 Å². The fourth-order valence-electron chi connectivity index (χ4n) is 3.40. The molecular weight excluding hydrogens is 294 g/mol. The predicted octanol–water partition coefficient (Wildman–Crippen LogP) is 2.27. The van der Waals surface area contributed by atoms with Crippen LogP contribution in [0, 0.1) is 0 Å². The second-order valence-corrected chi connectivity index (χ2v) is 6.23. The van der Waals surface area contributed by atoms with Crippen LogP contribution in [0.2, 0.25) is 0 Å². The van der Waals surface area contributed by atoms with Crippen LogP contribution < -0.4 is 10.6 Å². The highest BCUT2D eigenvalue weighted by Crippen LogP contribution is 2.29. The molecule has 1 heterocycles. The Labute approximate surface area is 138 Å². The van der Waals surface area contributed by atoms with Gasteiger partial charge in [-0.3, -0.25) is 4.90 Å². The van der Waals surface area contributed by atoms with Crippen LogP contribution in [0.1, 0.15) is 51.3 Å². The molecule has 1 aliphatic carbocycles. The van der Waals surface area contributed by atoms with Crippen molar-refractivity contribution in [3.05, 3.63) is 24.2 Å². The number of aliphatic hydroxyl groups excluding tert-OH is 1. The van der Waals surface area contributed by atoms with Crippen molar-refractivity contribution in [1.29, 1.82) is 0 Å². The second-order valence-electron chi connectivity index (χ2n) is 6.23. The molecule has 1 aromatic rings. The zero-order valence-electron chi connectivity index (χ0n) is 14.2. The van der Waals surface area contributed by atoms with Crippen LogP contribution >= 0.6 is 0 Å². The van der Waals surface area contributed by atoms with E-state index in [0.717, 1.165) is 44.5 Å². The molecule has 130 valence electrons. The highest BCUT2D eigenvalue weighted by atomic mass is 16.3. The Hall–Kier alpha value is -1.53. The molecule has 0 radical (unpaired) electrons. The topological polar surface area (TPSA) is 77.7 Å². The summed E-state index contributed by atoms with van der Waals surface area (Å²) in [4.78, 5) is 14.5. The summed E-state index contributed by atoms with van der Waals surface area (Å²) < 4.78 is 5.53. The minimum absolute atomic E-state index is 0.00191. The van der Waals surface area contributed by atoms with Gasteiger partial charge in [-0.25, -0.2) is 4.79 Å². The molecule has 0 saturated heterocycles. The maximum absolute atomic E-state index is 12.3. The SMILES string of the molecule is CCN(CC)C(CNC(=O)NC1(CO)CCCC1)c1ccco1. The molecule has 0 spiro atoms. The van der Waals surface area contributed by atoms with Crippen LogP contribution in [0.3, 0.4) is 0 Å². The summed E-state index contributed by atoms with van der Waals surface area (Å²) >= 11 is 0. The maximum Gasteiger partial charge on any atom is 0.315 e. The summed E-state index contributed by atoms with van der Waals surface area (Å²) in [6.45, 7) is 6.43. The van der Waals surface area contributed by atoms with Gasteiger partial charge in [-0.2, -0.15) is 0 Å². The molecule has 1 aliphatic rings. The molecule has 1 unspecified atom stereocenters. The molecule has 0 aliphatic heterocycles. The molecule has 2 amide bonds. The molecule has 1 fully saturated rings. The zero-order valence-corrected chi connectivity index (χ0v) is 14.2. The summed E-state index contributed by atoms with van der Waals surface area (Å²) in [7, 11) is 0. The number of hydrogen-bond donors (Lipinski definition) is 3. The Morgan fingerprint density at radius 2 is 2.09 bits per heavy atom. The largest absolute Gasteiger partial charge is 0.468 e. The number of carbonyl (C=O) groups excluding carboxylic acids is 1. The average molecular weight is 323 g/mol. The van der Waals surface area contributed by atoms with Crippen molar-refractivity contribution in [3.8, 4) is 0 Å². The normalized spacial score (nSPS) is 18.1. The van der Waals surface area contributed by atoms with Gasteiger partial charge in [0.25, 0.3) is 0 Å². The molecular formula is C17H29N3O3. The molecule has 1 atom stereocenters. The van der Waals surface area contributed by atoms with E-state index in [1.54, 1.807) is 6.26 Å². The van der Waals surface area contributed by atoms with E-state index < -0.39 is 5.54 Å². The molecule has 0 aromatic carbocycles. The number of aliphatic hydroxyl groups is 1. The van der Waals surface area contributed by atoms with Crippen molar-refractivity contribution in [1.82, 2.24) is 15.5 Å². The average Bonchev–Trinajstić information content (AvgIpc) is 3.23. The molecule has 1 saturated carbocycles. The lowest BCUT2D eigenvalue weighted by Crippen LogP contribution is -2.53. The van der Waals surface area contributed by atoms with Crippen LogP contribution in [0.25, 0.3) is 0 Å². The monoisotopic (exact) mass is 323 g/mol. The van der Waals surface area contributed by atoms with Gasteiger partial charge in [-0.1, -0.05) is 26.7 Å². The minimum Gasteiger partial charge on any atom is -0.468 e. The van der Waals surface area contributed by atoms with Gasteiger partial charge >= 0.3 is 6.03 Å². The highest BCUT2D eigenvalue weighted by molar-refractivity contribution is 5.75. The van der Waals surface area contributed by atoms with E-state index in [-0.39, 0.29) is 18.7 Å². The van der Waals surface area contributed by atoms with Gasteiger partial charge in [0, 0.05) is 6.54 Å². The molecule has 2 rings (SSSR count). The Morgan fingerprint density at radius 1 is 1.39 bits per heavy atom. The van der Waals surface area contributed by atoms with E-state index in [4.69, 9.17) is 4.42 Å². The standard InChI is InChI=1S/C17H29N3O3/c1-3-20(4-2)14(15-8-7-11-23-15)12-18-16(22)19-17(13-21)9-5-6-10-17/h7-8,11,14,21H,3-6,9-10,12-13H2,1-2H3,(H2,18,19,22). The molecule has 3 N–H and O–H groups in total. The number of rotatable bonds is 8. The lowest BCUT2D eigenvalue weighted by Gasteiger charge is -2.30. The fourth-order valence-corrected chi connectivity index (χ4v) is 3.40. The number of nitrogens with zero attached hydrogens (tertiary/aromatic N) is 1. The fraction of sp³-hybridized carbons (Fsp3) is 0.706. The van der Waals surface area contributed by atoms with Crippen LogP contribution in [0.5, 0.6) is 0 Å². The van der Waals surface area contributed by atoms with Gasteiger partial charge in [0.15, 0.2) is 0 Å². The Kier molecular flexibility index (Phi) is 6.47. The van der Waals surface area contributed by atoms with Crippen LogP contribution in [-0.2, 0) is 0 Å². The molecule has 23 heavy (non-hydrogen) atoms. The third kappa shape index (κ3) is 4.48. The predicted molar refractivity (Wildman–Crippen MR) is 89.2 cm³/mol. The Morgan fingerprint density at radius 3 is 2.61 bits per heavy atom. The number of urea groups is 1. The first-order valence-electron chi connectivity index (χ1n) is 8.58. The van der Waals surface area contributed by atoms with Gasteiger partial charge in [-0.15, -0.1) is 0 Å². The van der Waals surface area contributed by atoms with Crippen LogP contribution in [-0.4, -0.2) is 47.8 Å². The first-order valence-corrected chi connectivity index (χ1v) is 8.58. The highest BCUT2D eigenvalue weighted by Gasteiger charge is 2.34. The summed E-state index contributed by atoms with van der Waals surface area (Å²) in [5.41, 5.74) is -0.445. The number of likely N-dealkylation sites (N-methyl/N-ethyl adjacent to an activating group) is 1. The number of nitrogens with one attached hydrogen (secondary N) is 2. The smallest absolute Gasteiger partial charge is 0.315 e. The van der Waals surface area contributed by atoms with Crippen molar-refractivity contribution in [2.24, 2.45) is 0 Å². The van der Waals surface area contributed by atoms with Crippen molar-refractivity contribution in [3.63, 3.8) is 0 Å². The van der Waals surface area contributed by atoms with Crippen LogP contribution in [0.4, 0.5) is 4.79 Å². The maximum atomic E-state index is 12.3. The third-order valence-corrected chi connectivity index (χ3v) is 4.82. The number of carbonyl (C=O) groups is 1. The molecule has 6 nitrogen and oxygen atoms in total. The van der Waals surface area contributed by atoms with Crippen LogP contribution in [0.15, 0.2) is 22.8 Å². The number of furan rings is 1. The Balaban J connectivity index is 1.94. The lowest BCUT2D eigenvalue weighted by molar-refractivity contribution is 0.157. The Bertz CT molecular complexity index is 465. The number of amides is 2. The van der Waals surface area contributed by atoms with E-state index in [0.29, 0.717) is 6.54 Å². The molecule has 1 aromatic heterocycles. The quantitative estimate of drug-likeness (QED) is 0.686. The van der Waals surface area contributed by atoms with Crippen molar-refractivity contribution < 1.29 is 14.3 Å². The molecule has 6 heteroatoms. The minimum atomic E-state index is -0.445. The first-order chi connectivity index (χ1) is 11.1. The van der Waals surface area contributed by atoms with Crippen molar-refractivity contribution in [2.45, 2.75) is 51.1 Å². The van der Waals surface area contributed by atoms with E-state index in [1.807, 2.05) is 12.1 Å². The van der Waals surface area contributed by atoms with Crippen molar-refractivity contribution >= 4 is 6.03 Å². The first kappa shape index (κ1) is 17.8. The summed E-state index contributed by atoms with van der Waals surface area (Å²) in [5, 5.41) is 15.5. The summed E-state index contributed by atoms with van der Waals surface area (Å²) in [5.74, 6) is 0.853. The van der Waals surface area contributed by atoms with Crippen molar-refractivity contribution in [2.75, 3.05) is 26.2 Å². The summed E-state index contributed by atoms with van der Waals surface area (Å²) in [6.07, 6.45) is 5.44. The number of hydrogen-bond acceptors (Lipinski definition) is 4. The van der Waals surface area contributed by atoms with E-state index in [9.17, 15) is 9.90 Å².